The van der Waals surface area contributed by atoms with Crippen LogP contribution in [0.3, 0.4) is 0 Å². The fourth-order valence-electron chi connectivity index (χ4n) is 0. The highest BCUT2D eigenvalue weighted by molar-refractivity contribution is 4.72. The van der Waals surface area contributed by atoms with Gasteiger partial charge in [-0.3, -0.25) is 0 Å². The van der Waals surface area contributed by atoms with Crippen molar-refractivity contribution in [3.05, 3.63) is 0 Å². The SMILES string of the molecule is CCO.OC#CO. The van der Waals surface area contributed by atoms with E-state index in [0.29, 0.717) is 0 Å². The van der Waals surface area contributed by atoms with E-state index in [9.17, 15) is 0 Å². The van der Waals surface area contributed by atoms with Gasteiger partial charge in [-0.05, 0) is 6.92 Å². The molecule has 0 saturated heterocycles. The molecule has 0 heterocycles. The van der Waals surface area contributed by atoms with Gasteiger partial charge in [0.25, 0.3) is 0 Å². The molecule has 0 fully saturated rings. The molecule has 0 atom stereocenters. The minimum Gasteiger partial charge on any atom is -0.460 e. The molecule has 3 heteroatoms. The van der Waals surface area contributed by atoms with E-state index in [4.69, 9.17) is 15.3 Å². The number of hydrogen-bond acceptors (Lipinski definition) is 3. The fourth-order valence-corrected chi connectivity index (χ4v) is 0. The Hall–Kier alpha value is -0.880. The van der Waals surface area contributed by atoms with Crippen LogP contribution in [0.15, 0.2) is 0 Å². The maximum atomic E-state index is 7.57. The molecule has 0 aliphatic heterocycles. The first-order valence-electron chi connectivity index (χ1n) is 1.72. The van der Waals surface area contributed by atoms with Gasteiger partial charge in [0, 0.05) is 6.61 Å². The molecule has 0 radical (unpaired) electrons. The normalized spacial score (nSPS) is 4.29. The van der Waals surface area contributed by atoms with Crippen molar-refractivity contribution in [2.24, 2.45) is 0 Å². The highest BCUT2D eigenvalue weighted by atomic mass is 16.3. The molecule has 0 aromatic rings. The van der Waals surface area contributed by atoms with Crippen LogP contribution in [-0.2, 0) is 0 Å². The molecule has 0 bridgehead atoms. The van der Waals surface area contributed by atoms with E-state index >= 15 is 0 Å². The van der Waals surface area contributed by atoms with Crippen molar-refractivity contribution < 1.29 is 15.3 Å². The Balaban J connectivity index is 0. The number of aliphatic hydroxyl groups excluding tert-OH is 3. The second-order valence-corrected chi connectivity index (χ2v) is 0.540. The first kappa shape index (κ1) is 9.45. The summed E-state index contributed by atoms with van der Waals surface area (Å²) in [7, 11) is 0. The summed E-state index contributed by atoms with van der Waals surface area (Å²) in [5.41, 5.74) is 0. The summed E-state index contributed by atoms with van der Waals surface area (Å²) in [6, 6.07) is 0. The molecule has 0 aromatic heterocycles. The second-order valence-electron chi connectivity index (χ2n) is 0.540. The lowest BCUT2D eigenvalue weighted by Crippen LogP contribution is -1.57. The molecule has 3 N–H and O–H groups in total. The Bertz CT molecular complexity index is 53.1. The van der Waals surface area contributed by atoms with E-state index < -0.39 is 0 Å². The van der Waals surface area contributed by atoms with E-state index in [1.165, 1.54) is 12.2 Å². The molecule has 3 nitrogen and oxygen atoms in total. The summed E-state index contributed by atoms with van der Waals surface area (Å²) < 4.78 is 0. The molecule has 0 amide bonds. The molecule has 0 saturated carbocycles. The van der Waals surface area contributed by atoms with Crippen molar-refractivity contribution in [2.75, 3.05) is 6.61 Å². The predicted octanol–water partition coefficient (Wildman–Crippen LogP) is -0.352. The number of hydrogen-bond donors (Lipinski definition) is 3. The summed E-state index contributed by atoms with van der Waals surface area (Å²) in [6.45, 7) is 1.93. The summed E-state index contributed by atoms with van der Waals surface area (Å²) in [5, 5.41) is 22.1. The third kappa shape index (κ3) is 3460. The van der Waals surface area contributed by atoms with Crippen molar-refractivity contribution in [3.63, 3.8) is 0 Å². The zero-order valence-corrected chi connectivity index (χ0v) is 4.05. The Labute approximate surface area is 42.2 Å². The Kier molecular flexibility index (Phi) is 26.1. The summed E-state index contributed by atoms with van der Waals surface area (Å²) >= 11 is 0. The average Bonchev–Trinajstić information content (AvgIpc) is 1.69. The first-order valence-corrected chi connectivity index (χ1v) is 1.72. The van der Waals surface area contributed by atoms with Gasteiger partial charge < -0.3 is 15.3 Å². The molecule has 0 rings (SSSR count). The van der Waals surface area contributed by atoms with Gasteiger partial charge in [-0.1, -0.05) is 0 Å². The highest BCUT2D eigenvalue weighted by Gasteiger charge is 1.34. The first-order chi connectivity index (χ1) is 3.33. The summed E-state index contributed by atoms with van der Waals surface area (Å²) in [5.74, 6) is 0. The quantitative estimate of drug-likeness (QED) is 0.368. The van der Waals surface area contributed by atoms with Crippen LogP contribution in [0.4, 0.5) is 0 Å². The van der Waals surface area contributed by atoms with Crippen LogP contribution in [0.2, 0.25) is 0 Å². The summed E-state index contributed by atoms with van der Waals surface area (Å²) in [4.78, 5) is 0. The lowest BCUT2D eigenvalue weighted by atomic mass is 10.9. The van der Waals surface area contributed by atoms with E-state index in [-0.39, 0.29) is 6.61 Å². The molecule has 0 aliphatic carbocycles. The van der Waals surface area contributed by atoms with E-state index in [2.05, 4.69) is 0 Å². The number of aliphatic hydroxyl groups is 3. The fraction of sp³-hybridized carbons (Fsp3) is 0.500. The third-order valence-electron chi connectivity index (χ3n) is 0.0500. The van der Waals surface area contributed by atoms with Crippen LogP contribution >= 0.6 is 0 Å². The van der Waals surface area contributed by atoms with Crippen LogP contribution in [0.1, 0.15) is 6.92 Å². The minimum atomic E-state index is 0.250. The monoisotopic (exact) mass is 104 g/mol. The van der Waals surface area contributed by atoms with Crippen LogP contribution in [-0.4, -0.2) is 21.9 Å². The maximum Gasteiger partial charge on any atom is 0.152 e. The van der Waals surface area contributed by atoms with Crippen LogP contribution < -0.4 is 0 Å². The van der Waals surface area contributed by atoms with Gasteiger partial charge in [-0.2, -0.15) is 0 Å². The van der Waals surface area contributed by atoms with Crippen LogP contribution in [0.25, 0.3) is 0 Å². The van der Waals surface area contributed by atoms with Gasteiger partial charge >= 0.3 is 0 Å². The smallest absolute Gasteiger partial charge is 0.152 e. The molecule has 0 spiro atoms. The van der Waals surface area contributed by atoms with Gasteiger partial charge in [0.2, 0.25) is 0 Å². The molecule has 42 valence electrons. The zero-order chi connectivity index (χ0) is 6.12. The second kappa shape index (κ2) is 19.3. The van der Waals surface area contributed by atoms with Crippen molar-refractivity contribution in [1.29, 1.82) is 0 Å². The molecular formula is C4H8O3. The lowest BCUT2D eigenvalue weighted by molar-refractivity contribution is 0.318. The van der Waals surface area contributed by atoms with Crippen molar-refractivity contribution >= 4 is 0 Å². The zero-order valence-electron chi connectivity index (χ0n) is 4.05. The van der Waals surface area contributed by atoms with Crippen molar-refractivity contribution in [2.45, 2.75) is 6.92 Å². The molecule has 0 unspecified atom stereocenters. The van der Waals surface area contributed by atoms with Gasteiger partial charge in [-0.25, -0.2) is 0 Å². The predicted molar refractivity (Wildman–Crippen MR) is 24.4 cm³/mol. The van der Waals surface area contributed by atoms with Crippen LogP contribution in [0.5, 0.6) is 0 Å². The topological polar surface area (TPSA) is 60.7 Å². The van der Waals surface area contributed by atoms with Gasteiger partial charge in [0.15, 0.2) is 12.2 Å². The van der Waals surface area contributed by atoms with Crippen molar-refractivity contribution in [3.8, 4) is 12.2 Å². The summed E-state index contributed by atoms with van der Waals surface area (Å²) in [6.07, 6.45) is 2.47. The van der Waals surface area contributed by atoms with Gasteiger partial charge in [0.05, 0.1) is 0 Å². The van der Waals surface area contributed by atoms with E-state index in [1.54, 1.807) is 6.92 Å². The van der Waals surface area contributed by atoms with Gasteiger partial charge in [-0.15, -0.1) is 0 Å². The lowest BCUT2D eigenvalue weighted by Gasteiger charge is -1.52. The molecule has 0 aromatic carbocycles. The van der Waals surface area contributed by atoms with Crippen LogP contribution in [0, 0.1) is 12.2 Å². The third-order valence-corrected chi connectivity index (χ3v) is 0.0500. The standard InChI is InChI=1S/C2H2O2.C2H6O/c3-1-2-4;1-2-3/h3-4H;3H,2H2,1H3. The Morgan fingerprint density at radius 1 is 1.29 bits per heavy atom. The molecule has 7 heavy (non-hydrogen) atoms. The minimum absolute atomic E-state index is 0.250. The molecular weight excluding hydrogens is 96.0 g/mol. The maximum absolute atomic E-state index is 7.57. The highest BCUT2D eigenvalue weighted by Crippen LogP contribution is 1.30. The number of rotatable bonds is 0. The van der Waals surface area contributed by atoms with Crippen molar-refractivity contribution in [1.82, 2.24) is 0 Å². The van der Waals surface area contributed by atoms with E-state index in [1.807, 2.05) is 0 Å². The largest absolute Gasteiger partial charge is 0.460 e. The average molecular weight is 104 g/mol. The van der Waals surface area contributed by atoms with Gasteiger partial charge in [0.1, 0.15) is 0 Å². The molecule has 0 aliphatic rings. The Morgan fingerprint density at radius 2 is 1.43 bits per heavy atom. The van der Waals surface area contributed by atoms with E-state index in [0.717, 1.165) is 0 Å². The Morgan fingerprint density at radius 3 is 1.43 bits per heavy atom.